The van der Waals surface area contributed by atoms with E-state index in [0.717, 1.165) is 6.54 Å². The smallest absolute Gasteiger partial charge is 0.0220 e. The van der Waals surface area contributed by atoms with E-state index in [1.54, 1.807) is 0 Å². The summed E-state index contributed by atoms with van der Waals surface area (Å²) in [4.78, 5) is 0. The summed E-state index contributed by atoms with van der Waals surface area (Å²) >= 11 is 0. The highest BCUT2D eigenvalue weighted by atomic mass is 14.9. The zero-order valence-electron chi connectivity index (χ0n) is 8.51. The Labute approximate surface area is 79.9 Å². The van der Waals surface area contributed by atoms with E-state index in [1.807, 2.05) is 0 Å². The second-order valence-corrected chi connectivity index (χ2v) is 4.60. The molecule has 0 aliphatic heterocycles. The fourth-order valence-corrected chi connectivity index (χ4v) is 1.56. The first-order valence-corrected chi connectivity index (χ1v) is 5.00. The van der Waals surface area contributed by atoms with Crippen LogP contribution in [0, 0.1) is 5.41 Å². The van der Waals surface area contributed by atoms with Crippen molar-refractivity contribution in [1.29, 1.82) is 0 Å². The average Bonchev–Trinajstić information content (AvgIpc) is 2.65. The molecule has 0 bridgehead atoms. The molecular formula is C11H18N2. The fourth-order valence-electron chi connectivity index (χ4n) is 1.56. The predicted octanol–water partition coefficient (Wildman–Crippen LogP) is 1.91. The van der Waals surface area contributed by atoms with Gasteiger partial charge in [0.1, 0.15) is 0 Å². The van der Waals surface area contributed by atoms with Crippen molar-refractivity contribution in [3.8, 4) is 0 Å². The molecule has 13 heavy (non-hydrogen) atoms. The summed E-state index contributed by atoms with van der Waals surface area (Å²) in [5.41, 5.74) is 2.00. The largest absolute Gasteiger partial charge is 0.357 e. The summed E-state index contributed by atoms with van der Waals surface area (Å²) in [5, 5.41) is 3.50. The SMILES string of the molecule is Cn1ccc(CNCC2(C)CC2)c1. The number of hydrogen-bond donors (Lipinski definition) is 1. The molecule has 0 spiro atoms. The lowest BCUT2D eigenvalue weighted by Gasteiger charge is -2.08. The Morgan fingerprint density at radius 1 is 1.54 bits per heavy atom. The van der Waals surface area contributed by atoms with Crippen molar-refractivity contribution in [2.24, 2.45) is 12.5 Å². The van der Waals surface area contributed by atoms with Crippen LogP contribution in [-0.4, -0.2) is 11.1 Å². The van der Waals surface area contributed by atoms with E-state index in [9.17, 15) is 0 Å². The van der Waals surface area contributed by atoms with Crippen LogP contribution in [0.4, 0.5) is 0 Å². The van der Waals surface area contributed by atoms with Gasteiger partial charge < -0.3 is 9.88 Å². The zero-order valence-corrected chi connectivity index (χ0v) is 8.51. The normalized spacial score (nSPS) is 18.9. The average molecular weight is 178 g/mol. The van der Waals surface area contributed by atoms with Crippen molar-refractivity contribution in [3.63, 3.8) is 0 Å². The van der Waals surface area contributed by atoms with E-state index in [4.69, 9.17) is 0 Å². The first kappa shape index (κ1) is 8.82. The van der Waals surface area contributed by atoms with Crippen molar-refractivity contribution < 1.29 is 0 Å². The first-order chi connectivity index (χ1) is 6.18. The third-order valence-electron chi connectivity index (χ3n) is 2.88. The Hall–Kier alpha value is -0.760. The molecule has 1 saturated carbocycles. The molecule has 2 rings (SSSR count). The molecule has 1 N–H and O–H groups in total. The van der Waals surface area contributed by atoms with Gasteiger partial charge in [-0.2, -0.15) is 0 Å². The Bertz CT molecular complexity index is 284. The minimum atomic E-state index is 0.620. The predicted molar refractivity (Wildman–Crippen MR) is 54.5 cm³/mol. The van der Waals surface area contributed by atoms with Gasteiger partial charge in [0.15, 0.2) is 0 Å². The lowest BCUT2D eigenvalue weighted by Crippen LogP contribution is -2.21. The Balaban J connectivity index is 1.73. The van der Waals surface area contributed by atoms with Crippen molar-refractivity contribution in [2.45, 2.75) is 26.3 Å². The number of aryl methyl sites for hydroxylation is 1. The molecule has 0 atom stereocenters. The summed E-state index contributed by atoms with van der Waals surface area (Å²) in [6, 6.07) is 2.17. The highest BCUT2D eigenvalue weighted by Gasteiger charge is 2.36. The minimum absolute atomic E-state index is 0.620. The van der Waals surface area contributed by atoms with Crippen molar-refractivity contribution >= 4 is 0 Å². The third kappa shape index (κ3) is 2.34. The molecule has 1 aromatic rings. The summed E-state index contributed by atoms with van der Waals surface area (Å²) in [5.74, 6) is 0. The maximum absolute atomic E-state index is 3.50. The molecule has 1 aliphatic carbocycles. The van der Waals surface area contributed by atoms with Gasteiger partial charge in [0.05, 0.1) is 0 Å². The summed E-state index contributed by atoms with van der Waals surface area (Å²) in [6.45, 7) is 4.53. The van der Waals surface area contributed by atoms with Gasteiger partial charge in [-0.25, -0.2) is 0 Å². The standard InChI is InChI=1S/C11H18N2/c1-11(4-5-11)9-12-7-10-3-6-13(2)8-10/h3,6,8,12H,4-5,7,9H2,1-2H3. The van der Waals surface area contributed by atoms with Gasteiger partial charge >= 0.3 is 0 Å². The molecule has 1 aromatic heterocycles. The van der Waals surface area contributed by atoms with Gasteiger partial charge in [0, 0.05) is 32.5 Å². The highest BCUT2D eigenvalue weighted by Crippen LogP contribution is 2.44. The van der Waals surface area contributed by atoms with E-state index in [1.165, 1.54) is 24.9 Å². The van der Waals surface area contributed by atoms with Crippen LogP contribution in [-0.2, 0) is 13.6 Å². The maximum atomic E-state index is 3.50. The molecule has 0 aromatic carbocycles. The molecule has 0 radical (unpaired) electrons. The lowest BCUT2D eigenvalue weighted by atomic mass is 10.1. The van der Waals surface area contributed by atoms with Gasteiger partial charge in [-0.15, -0.1) is 0 Å². The lowest BCUT2D eigenvalue weighted by molar-refractivity contribution is 0.499. The Morgan fingerprint density at radius 2 is 2.31 bits per heavy atom. The number of aromatic nitrogens is 1. The van der Waals surface area contributed by atoms with Crippen LogP contribution < -0.4 is 5.32 Å². The number of nitrogens with zero attached hydrogens (tertiary/aromatic N) is 1. The van der Waals surface area contributed by atoms with Crippen molar-refractivity contribution in [3.05, 3.63) is 24.0 Å². The zero-order chi connectivity index (χ0) is 9.31. The van der Waals surface area contributed by atoms with Crippen molar-refractivity contribution in [2.75, 3.05) is 6.54 Å². The number of hydrogen-bond acceptors (Lipinski definition) is 1. The van der Waals surface area contributed by atoms with Gasteiger partial charge in [0.2, 0.25) is 0 Å². The topological polar surface area (TPSA) is 17.0 Å². The number of rotatable bonds is 4. The van der Waals surface area contributed by atoms with E-state index in [0.29, 0.717) is 5.41 Å². The fraction of sp³-hybridized carbons (Fsp3) is 0.636. The van der Waals surface area contributed by atoms with E-state index in [2.05, 4.69) is 42.3 Å². The molecule has 0 saturated heterocycles. The highest BCUT2D eigenvalue weighted by molar-refractivity contribution is 5.09. The maximum Gasteiger partial charge on any atom is 0.0220 e. The van der Waals surface area contributed by atoms with Crippen LogP contribution >= 0.6 is 0 Å². The number of nitrogens with one attached hydrogen (secondary N) is 1. The van der Waals surface area contributed by atoms with E-state index < -0.39 is 0 Å². The molecular weight excluding hydrogens is 160 g/mol. The molecule has 72 valence electrons. The van der Waals surface area contributed by atoms with Gasteiger partial charge in [-0.3, -0.25) is 0 Å². The molecule has 1 heterocycles. The summed E-state index contributed by atoms with van der Waals surface area (Å²) in [6.07, 6.45) is 7.06. The Morgan fingerprint density at radius 3 is 2.85 bits per heavy atom. The third-order valence-corrected chi connectivity index (χ3v) is 2.88. The summed E-state index contributed by atoms with van der Waals surface area (Å²) < 4.78 is 2.09. The molecule has 2 nitrogen and oxygen atoms in total. The minimum Gasteiger partial charge on any atom is -0.357 e. The van der Waals surface area contributed by atoms with E-state index in [-0.39, 0.29) is 0 Å². The van der Waals surface area contributed by atoms with Gasteiger partial charge in [0.25, 0.3) is 0 Å². The van der Waals surface area contributed by atoms with E-state index >= 15 is 0 Å². The van der Waals surface area contributed by atoms with Crippen LogP contribution in [0.1, 0.15) is 25.3 Å². The van der Waals surface area contributed by atoms with Gasteiger partial charge in [-0.05, 0) is 29.9 Å². The molecule has 2 heteroatoms. The molecule has 1 aliphatic rings. The second-order valence-electron chi connectivity index (χ2n) is 4.60. The van der Waals surface area contributed by atoms with Gasteiger partial charge in [-0.1, -0.05) is 6.92 Å². The van der Waals surface area contributed by atoms with Crippen LogP contribution in [0.25, 0.3) is 0 Å². The van der Waals surface area contributed by atoms with Crippen LogP contribution in [0.5, 0.6) is 0 Å². The van der Waals surface area contributed by atoms with Crippen LogP contribution in [0.3, 0.4) is 0 Å². The molecule has 0 unspecified atom stereocenters. The second kappa shape index (κ2) is 3.18. The van der Waals surface area contributed by atoms with Crippen LogP contribution in [0.15, 0.2) is 18.5 Å². The van der Waals surface area contributed by atoms with Crippen LogP contribution in [0.2, 0.25) is 0 Å². The molecule has 0 amide bonds. The first-order valence-electron chi connectivity index (χ1n) is 5.00. The molecule has 1 fully saturated rings. The quantitative estimate of drug-likeness (QED) is 0.745. The Kier molecular flexibility index (Phi) is 2.16. The monoisotopic (exact) mass is 178 g/mol. The summed E-state index contributed by atoms with van der Waals surface area (Å²) in [7, 11) is 2.06. The van der Waals surface area contributed by atoms with Crippen molar-refractivity contribution in [1.82, 2.24) is 9.88 Å².